The van der Waals surface area contributed by atoms with E-state index in [2.05, 4.69) is 28.2 Å². The average molecular weight is 564 g/mol. The van der Waals surface area contributed by atoms with Crippen LogP contribution in [-0.2, 0) is 17.6 Å². The molecule has 1 N–H and O–H groups in total. The van der Waals surface area contributed by atoms with Crippen LogP contribution in [0.1, 0.15) is 57.0 Å². The van der Waals surface area contributed by atoms with E-state index in [1.807, 2.05) is 55.5 Å². The highest BCUT2D eigenvalue weighted by Gasteiger charge is 2.29. The number of hydrogen-bond acceptors (Lipinski definition) is 5. The highest BCUT2D eigenvalue weighted by atomic mass is 79.9. The van der Waals surface area contributed by atoms with Gasteiger partial charge in [0, 0.05) is 20.3 Å². The van der Waals surface area contributed by atoms with E-state index in [-0.39, 0.29) is 18.5 Å². The van der Waals surface area contributed by atoms with E-state index in [4.69, 9.17) is 9.72 Å². The van der Waals surface area contributed by atoms with Gasteiger partial charge in [-0.15, -0.1) is 11.3 Å². The van der Waals surface area contributed by atoms with Gasteiger partial charge < -0.3 is 10.1 Å². The molecule has 1 aliphatic carbocycles. The highest BCUT2D eigenvalue weighted by Crippen LogP contribution is 2.40. The number of aromatic nitrogens is 1. The number of carbonyl (C=O) groups excluding carboxylic acids is 2. The molecule has 2 heterocycles. The number of amides is 1. The predicted octanol–water partition coefficient (Wildman–Crippen LogP) is 7.59. The van der Waals surface area contributed by atoms with Crippen molar-refractivity contribution in [3.8, 4) is 11.3 Å². The van der Waals surface area contributed by atoms with Crippen molar-refractivity contribution >= 4 is 55.0 Å². The maximum Gasteiger partial charge on any atom is 0.341 e. The molecule has 0 unspecified atom stereocenters. The Labute approximate surface area is 223 Å². The lowest BCUT2D eigenvalue weighted by Crippen LogP contribution is -2.17. The number of nitrogens with one attached hydrogen (secondary N) is 1. The first kappa shape index (κ1) is 24.7. The summed E-state index contributed by atoms with van der Waals surface area (Å²) in [4.78, 5) is 32.7. The number of esters is 1. The molecule has 1 aliphatic rings. The van der Waals surface area contributed by atoms with Crippen LogP contribution in [0.4, 0.5) is 5.00 Å². The van der Waals surface area contributed by atoms with Crippen molar-refractivity contribution in [1.82, 2.24) is 4.98 Å². The van der Waals surface area contributed by atoms with Gasteiger partial charge in [0.2, 0.25) is 0 Å². The molecule has 0 radical (unpaired) electrons. The Kier molecular flexibility index (Phi) is 6.95. The minimum Gasteiger partial charge on any atom is -0.462 e. The molecule has 2 aromatic heterocycles. The van der Waals surface area contributed by atoms with E-state index in [0.29, 0.717) is 22.0 Å². The van der Waals surface area contributed by atoms with Gasteiger partial charge in [0.15, 0.2) is 0 Å². The van der Waals surface area contributed by atoms with Crippen molar-refractivity contribution in [2.45, 2.75) is 40.0 Å². The van der Waals surface area contributed by atoms with E-state index < -0.39 is 0 Å². The van der Waals surface area contributed by atoms with Gasteiger partial charge >= 0.3 is 5.97 Å². The summed E-state index contributed by atoms with van der Waals surface area (Å²) >= 11 is 5.02. The summed E-state index contributed by atoms with van der Waals surface area (Å²) in [5.41, 5.74) is 5.58. The number of carbonyl (C=O) groups is 2. The van der Waals surface area contributed by atoms with Crippen LogP contribution >= 0.6 is 27.3 Å². The Morgan fingerprint density at radius 2 is 1.94 bits per heavy atom. The zero-order chi connectivity index (χ0) is 25.4. The monoisotopic (exact) mass is 562 g/mol. The quantitative estimate of drug-likeness (QED) is 0.254. The first-order chi connectivity index (χ1) is 17.3. The molecule has 5 nitrogen and oxygen atoms in total. The smallest absolute Gasteiger partial charge is 0.341 e. The standard InChI is InChI=1S/C29H27BrN2O3S/c1-4-35-29(34)26-20-11-7-17(3)13-25(20)36-28(26)32-27(33)22-15-24(18-8-5-16(2)6-9-18)31-23-12-10-19(30)14-21(22)23/h5-6,8-10,12,14-15,17H,4,7,11,13H2,1-3H3,(H,32,33)/t17-/m1/s1. The first-order valence-electron chi connectivity index (χ1n) is 12.1. The largest absolute Gasteiger partial charge is 0.462 e. The van der Waals surface area contributed by atoms with Gasteiger partial charge in [-0.1, -0.05) is 52.7 Å². The van der Waals surface area contributed by atoms with Crippen molar-refractivity contribution in [2.24, 2.45) is 5.92 Å². The number of halogens is 1. The Morgan fingerprint density at radius 3 is 2.69 bits per heavy atom. The van der Waals surface area contributed by atoms with Crippen LogP contribution in [0, 0.1) is 12.8 Å². The lowest BCUT2D eigenvalue weighted by atomic mass is 9.88. The number of thiophene rings is 1. The zero-order valence-electron chi connectivity index (χ0n) is 20.5. The molecule has 36 heavy (non-hydrogen) atoms. The van der Waals surface area contributed by atoms with E-state index >= 15 is 0 Å². The number of fused-ring (bicyclic) bond motifs is 2. The second kappa shape index (κ2) is 10.1. The van der Waals surface area contributed by atoms with Gasteiger partial charge in [-0.3, -0.25) is 4.79 Å². The van der Waals surface area contributed by atoms with Crippen molar-refractivity contribution in [3.05, 3.63) is 80.1 Å². The summed E-state index contributed by atoms with van der Waals surface area (Å²) < 4.78 is 6.24. The second-order valence-electron chi connectivity index (χ2n) is 9.31. The third-order valence-corrected chi connectivity index (χ3v) is 8.24. The number of rotatable bonds is 5. The van der Waals surface area contributed by atoms with Gasteiger partial charge in [0.1, 0.15) is 5.00 Å². The first-order valence-corrected chi connectivity index (χ1v) is 13.7. The lowest BCUT2D eigenvalue weighted by molar-refractivity contribution is 0.0526. The normalized spacial score (nSPS) is 14.9. The number of hydrogen-bond donors (Lipinski definition) is 1. The van der Waals surface area contributed by atoms with Crippen LogP contribution in [-0.4, -0.2) is 23.5 Å². The van der Waals surface area contributed by atoms with E-state index in [0.717, 1.165) is 61.9 Å². The molecule has 0 aliphatic heterocycles. The summed E-state index contributed by atoms with van der Waals surface area (Å²) in [6.45, 7) is 6.34. The number of ether oxygens (including phenoxy) is 1. The van der Waals surface area contributed by atoms with Gasteiger partial charge in [-0.05, 0) is 68.9 Å². The van der Waals surface area contributed by atoms with Crippen LogP contribution in [0.5, 0.6) is 0 Å². The van der Waals surface area contributed by atoms with Crippen LogP contribution in [0.2, 0.25) is 0 Å². The summed E-state index contributed by atoms with van der Waals surface area (Å²) in [7, 11) is 0. The van der Waals surface area contributed by atoms with Crippen molar-refractivity contribution < 1.29 is 14.3 Å². The predicted molar refractivity (Wildman–Crippen MR) is 149 cm³/mol. The van der Waals surface area contributed by atoms with Crippen LogP contribution in [0.3, 0.4) is 0 Å². The molecular weight excluding hydrogens is 536 g/mol. The molecule has 2 aromatic carbocycles. The SMILES string of the molecule is CCOC(=O)c1c(NC(=O)c2cc(-c3ccc(C)cc3)nc3ccc(Br)cc23)sc2c1CC[C@@H](C)C2. The van der Waals surface area contributed by atoms with Crippen molar-refractivity contribution in [3.63, 3.8) is 0 Å². The summed E-state index contributed by atoms with van der Waals surface area (Å²) in [5.74, 6) is -0.0955. The topological polar surface area (TPSA) is 68.3 Å². The molecule has 0 saturated heterocycles. The van der Waals surface area contributed by atoms with Crippen LogP contribution in [0.25, 0.3) is 22.2 Å². The number of nitrogens with zero attached hydrogens (tertiary/aromatic N) is 1. The Morgan fingerprint density at radius 1 is 1.17 bits per heavy atom. The van der Waals surface area contributed by atoms with Crippen molar-refractivity contribution in [1.29, 1.82) is 0 Å². The Bertz CT molecular complexity index is 1480. The minimum absolute atomic E-state index is 0.272. The molecule has 0 fully saturated rings. The Hall–Kier alpha value is -3.03. The average Bonchev–Trinajstić information content (AvgIpc) is 3.20. The maximum absolute atomic E-state index is 13.8. The van der Waals surface area contributed by atoms with Gasteiger partial charge in [0.05, 0.1) is 28.9 Å². The second-order valence-corrected chi connectivity index (χ2v) is 11.3. The molecule has 4 aromatic rings. The number of benzene rings is 2. The molecule has 1 atom stereocenters. The number of aryl methyl sites for hydroxylation is 1. The van der Waals surface area contributed by atoms with Crippen LogP contribution in [0.15, 0.2) is 53.0 Å². The molecule has 0 saturated carbocycles. The maximum atomic E-state index is 13.8. The van der Waals surface area contributed by atoms with E-state index in [9.17, 15) is 9.59 Å². The zero-order valence-corrected chi connectivity index (χ0v) is 22.9. The fourth-order valence-corrected chi connectivity index (χ4v) is 6.44. The third-order valence-electron chi connectivity index (χ3n) is 6.58. The number of pyridine rings is 1. The van der Waals surface area contributed by atoms with Crippen LogP contribution < -0.4 is 5.32 Å². The summed E-state index contributed by atoms with van der Waals surface area (Å²) in [5, 5.41) is 4.38. The fraction of sp³-hybridized carbons (Fsp3) is 0.276. The van der Waals surface area contributed by atoms with Gasteiger partial charge in [0.25, 0.3) is 5.91 Å². The number of anilines is 1. The van der Waals surface area contributed by atoms with Gasteiger partial charge in [-0.25, -0.2) is 9.78 Å². The molecular formula is C29H27BrN2O3S. The summed E-state index contributed by atoms with van der Waals surface area (Å²) in [6.07, 6.45) is 2.75. The molecule has 0 spiro atoms. The molecule has 184 valence electrons. The van der Waals surface area contributed by atoms with E-state index in [1.54, 1.807) is 6.92 Å². The minimum atomic E-state index is -0.373. The molecule has 0 bridgehead atoms. The Balaban J connectivity index is 1.59. The molecule has 5 rings (SSSR count). The molecule has 1 amide bonds. The van der Waals surface area contributed by atoms with Gasteiger partial charge in [-0.2, -0.15) is 0 Å². The fourth-order valence-electron chi connectivity index (χ4n) is 4.69. The van der Waals surface area contributed by atoms with Crippen molar-refractivity contribution in [2.75, 3.05) is 11.9 Å². The summed E-state index contributed by atoms with van der Waals surface area (Å²) in [6, 6.07) is 15.6. The third kappa shape index (κ3) is 4.82. The van der Waals surface area contributed by atoms with E-state index in [1.165, 1.54) is 11.3 Å². The molecule has 7 heteroatoms. The highest BCUT2D eigenvalue weighted by molar-refractivity contribution is 9.10. The lowest BCUT2D eigenvalue weighted by Gasteiger charge is -2.18.